The Balaban J connectivity index is 1.90. The molecule has 0 fully saturated rings. The molecule has 1 unspecified atom stereocenters. The number of aromatic nitrogens is 1. The topological polar surface area (TPSA) is 102 Å². The van der Waals surface area contributed by atoms with Crippen molar-refractivity contribution >= 4 is 11.9 Å². The van der Waals surface area contributed by atoms with E-state index >= 15 is 0 Å². The molecule has 1 amide bonds. The molecule has 144 valence electrons. The monoisotopic (exact) mass is 380 g/mol. The minimum Gasteiger partial charge on any atom is -0.480 e. The summed E-state index contributed by atoms with van der Waals surface area (Å²) in [5, 5.41) is 11.4. The van der Waals surface area contributed by atoms with Crippen molar-refractivity contribution in [3.8, 4) is 11.3 Å². The number of carbonyl (C=O) groups excluding carboxylic acids is 1. The minimum absolute atomic E-state index is 0.0462. The van der Waals surface area contributed by atoms with Crippen LogP contribution in [0.15, 0.2) is 41.5 Å². The second-order valence-electron chi connectivity index (χ2n) is 5.53. The Morgan fingerprint density at radius 2 is 2.19 bits per heavy atom. The molecule has 0 saturated carbocycles. The second kappa shape index (κ2) is 9.58. The number of amides is 1. The molecule has 9 heteroatoms. The summed E-state index contributed by atoms with van der Waals surface area (Å²) in [7, 11) is 0. The maximum Gasteiger partial charge on any atom is 0.328 e. The van der Waals surface area contributed by atoms with Crippen molar-refractivity contribution < 1.29 is 32.6 Å². The molecule has 1 aromatic carbocycles. The number of oxazole rings is 1. The van der Waals surface area contributed by atoms with Crippen LogP contribution in [0.5, 0.6) is 0 Å². The number of hydrogen-bond acceptors (Lipinski definition) is 5. The van der Waals surface area contributed by atoms with Crippen LogP contribution in [0, 0.1) is 11.6 Å². The maximum atomic E-state index is 13.7. The van der Waals surface area contributed by atoms with Crippen LogP contribution in [-0.2, 0) is 20.7 Å². The molecule has 1 atom stereocenters. The Morgan fingerprint density at radius 1 is 1.41 bits per heavy atom. The van der Waals surface area contributed by atoms with Crippen molar-refractivity contribution in [2.75, 3.05) is 13.2 Å². The number of ether oxygens (including phenoxy) is 1. The molecule has 27 heavy (non-hydrogen) atoms. The third kappa shape index (κ3) is 6.00. The van der Waals surface area contributed by atoms with Crippen molar-refractivity contribution in [2.24, 2.45) is 0 Å². The summed E-state index contributed by atoms with van der Waals surface area (Å²) in [6.45, 7) is 3.41. The normalized spacial score (nSPS) is 11.8. The highest BCUT2D eigenvalue weighted by atomic mass is 19.1. The molecular weight excluding hydrogens is 362 g/mol. The van der Waals surface area contributed by atoms with E-state index < -0.39 is 29.6 Å². The van der Waals surface area contributed by atoms with Crippen LogP contribution in [-0.4, -0.2) is 41.2 Å². The van der Waals surface area contributed by atoms with Gasteiger partial charge in [0.2, 0.25) is 5.91 Å². The quantitative estimate of drug-likeness (QED) is 0.485. The Kier molecular flexibility index (Phi) is 7.18. The number of aliphatic carboxylic acids is 1. The van der Waals surface area contributed by atoms with Gasteiger partial charge in [-0.1, -0.05) is 6.08 Å². The van der Waals surface area contributed by atoms with Gasteiger partial charge in [-0.3, -0.25) is 4.79 Å². The number of carboxylic acid groups (broad SMARTS) is 1. The third-order valence-corrected chi connectivity index (χ3v) is 3.47. The van der Waals surface area contributed by atoms with Gasteiger partial charge in [0.15, 0.2) is 17.7 Å². The Labute approximate surface area is 153 Å². The van der Waals surface area contributed by atoms with Crippen molar-refractivity contribution in [2.45, 2.75) is 18.9 Å². The van der Waals surface area contributed by atoms with Crippen LogP contribution in [0.1, 0.15) is 12.3 Å². The lowest BCUT2D eigenvalue weighted by Gasteiger charge is -2.13. The summed E-state index contributed by atoms with van der Waals surface area (Å²) in [6.07, 6.45) is 2.73. The lowest BCUT2D eigenvalue weighted by atomic mass is 10.2. The van der Waals surface area contributed by atoms with E-state index in [1.807, 2.05) is 0 Å². The van der Waals surface area contributed by atoms with Crippen LogP contribution in [0.25, 0.3) is 11.3 Å². The van der Waals surface area contributed by atoms with Crippen LogP contribution in [0.3, 0.4) is 0 Å². The van der Waals surface area contributed by atoms with E-state index in [0.717, 1.165) is 12.1 Å². The van der Waals surface area contributed by atoms with Crippen molar-refractivity contribution in [3.63, 3.8) is 0 Å². The van der Waals surface area contributed by atoms with Crippen molar-refractivity contribution in [1.29, 1.82) is 0 Å². The van der Waals surface area contributed by atoms with E-state index in [0.29, 0.717) is 0 Å². The Morgan fingerprint density at radius 3 is 2.85 bits per heavy atom. The number of nitrogens with one attached hydrogen (secondary N) is 1. The average molecular weight is 380 g/mol. The lowest BCUT2D eigenvalue weighted by molar-refractivity contribution is -0.143. The Bertz CT molecular complexity index is 822. The highest BCUT2D eigenvalue weighted by Gasteiger charge is 2.20. The van der Waals surface area contributed by atoms with Gasteiger partial charge in [0.1, 0.15) is 11.6 Å². The molecule has 0 bridgehead atoms. The summed E-state index contributed by atoms with van der Waals surface area (Å²) in [4.78, 5) is 27.0. The summed E-state index contributed by atoms with van der Waals surface area (Å²) in [6, 6.07) is 1.86. The standard InChI is InChI=1S/C18H18F2N2O5/c1-2-7-26-10-14(18(24)25)22-16(23)5-6-17-21-9-15(27-17)12-4-3-11(19)8-13(12)20/h2-4,8-9,14H,1,5-7,10H2,(H,22,23)(H,24,25). The summed E-state index contributed by atoms with van der Waals surface area (Å²) >= 11 is 0. The smallest absolute Gasteiger partial charge is 0.328 e. The van der Waals surface area contributed by atoms with Gasteiger partial charge in [-0.05, 0) is 12.1 Å². The van der Waals surface area contributed by atoms with Crippen LogP contribution in [0.4, 0.5) is 8.78 Å². The highest BCUT2D eigenvalue weighted by molar-refractivity contribution is 5.83. The van der Waals surface area contributed by atoms with Crippen molar-refractivity contribution in [3.05, 3.63) is 54.6 Å². The molecule has 2 N–H and O–H groups in total. The fourth-order valence-electron chi connectivity index (χ4n) is 2.17. The van der Waals surface area contributed by atoms with Gasteiger partial charge in [0.25, 0.3) is 0 Å². The van der Waals surface area contributed by atoms with Crippen molar-refractivity contribution in [1.82, 2.24) is 10.3 Å². The lowest BCUT2D eigenvalue weighted by Crippen LogP contribution is -2.44. The van der Waals surface area contributed by atoms with E-state index in [9.17, 15) is 18.4 Å². The first-order valence-electron chi connectivity index (χ1n) is 8.01. The van der Waals surface area contributed by atoms with Crippen LogP contribution >= 0.6 is 0 Å². The van der Waals surface area contributed by atoms with Gasteiger partial charge in [-0.2, -0.15) is 0 Å². The van der Waals surface area contributed by atoms with E-state index in [-0.39, 0.29) is 43.3 Å². The maximum absolute atomic E-state index is 13.7. The SMILES string of the molecule is C=CCOCC(NC(=O)CCc1ncc(-c2ccc(F)cc2F)o1)C(=O)O. The number of rotatable bonds is 10. The number of halogens is 2. The fourth-order valence-corrected chi connectivity index (χ4v) is 2.17. The van der Waals surface area contributed by atoms with E-state index in [1.54, 1.807) is 0 Å². The zero-order valence-corrected chi connectivity index (χ0v) is 14.3. The number of nitrogens with zero attached hydrogens (tertiary/aromatic N) is 1. The van der Waals surface area contributed by atoms with E-state index in [1.165, 1.54) is 18.3 Å². The number of carboxylic acids is 1. The predicted octanol–water partition coefficient (Wildman–Crippen LogP) is 2.32. The zero-order chi connectivity index (χ0) is 19.8. The zero-order valence-electron chi connectivity index (χ0n) is 14.3. The van der Waals surface area contributed by atoms with E-state index in [4.69, 9.17) is 14.3 Å². The first kappa shape index (κ1) is 20.2. The third-order valence-electron chi connectivity index (χ3n) is 3.47. The largest absolute Gasteiger partial charge is 0.480 e. The Hall–Kier alpha value is -3.07. The molecule has 2 rings (SSSR count). The molecule has 0 aliphatic rings. The van der Waals surface area contributed by atoms with E-state index in [2.05, 4.69) is 16.9 Å². The summed E-state index contributed by atoms with van der Waals surface area (Å²) in [5.41, 5.74) is 0.0462. The molecule has 0 aliphatic carbocycles. The van der Waals surface area contributed by atoms with Gasteiger partial charge < -0.3 is 19.6 Å². The minimum atomic E-state index is -1.22. The van der Waals surface area contributed by atoms with Gasteiger partial charge in [-0.25, -0.2) is 18.6 Å². The molecule has 1 heterocycles. The van der Waals surface area contributed by atoms with Gasteiger partial charge in [0, 0.05) is 18.9 Å². The van der Waals surface area contributed by atoms with Gasteiger partial charge >= 0.3 is 5.97 Å². The molecule has 0 saturated heterocycles. The molecule has 0 radical (unpaired) electrons. The number of aryl methyl sites for hydroxylation is 1. The van der Waals surface area contributed by atoms with Crippen LogP contribution in [0.2, 0.25) is 0 Å². The number of carbonyl (C=O) groups is 2. The molecule has 0 spiro atoms. The van der Waals surface area contributed by atoms with Crippen LogP contribution < -0.4 is 5.32 Å². The molecule has 2 aromatic rings. The number of benzene rings is 1. The molecule has 7 nitrogen and oxygen atoms in total. The molecule has 1 aromatic heterocycles. The second-order valence-corrected chi connectivity index (χ2v) is 5.53. The molecular formula is C18H18F2N2O5. The molecule has 0 aliphatic heterocycles. The predicted molar refractivity (Wildman–Crippen MR) is 90.8 cm³/mol. The van der Waals surface area contributed by atoms with Gasteiger partial charge in [-0.15, -0.1) is 6.58 Å². The number of hydrogen-bond donors (Lipinski definition) is 2. The van der Waals surface area contributed by atoms with Gasteiger partial charge in [0.05, 0.1) is 25.0 Å². The summed E-state index contributed by atoms with van der Waals surface area (Å²) in [5.74, 6) is -2.99. The fraction of sp³-hybridized carbons (Fsp3) is 0.278. The summed E-state index contributed by atoms with van der Waals surface area (Å²) < 4.78 is 37.1. The first-order valence-corrected chi connectivity index (χ1v) is 8.01. The highest BCUT2D eigenvalue weighted by Crippen LogP contribution is 2.24. The first-order chi connectivity index (χ1) is 12.9. The average Bonchev–Trinajstić information content (AvgIpc) is 3.08.